The van der Waals surface area contributed by atoms with Gasteiger partial charge in [-0.2, -0.15) is 4.31 Å². The van der Waals surface area contributed by atoms with Crippen LogP contribution in [0, 0.1) is 11.8 Å². The van der Waals surface area contributed by atoms with Gasteiger partial charge in [0.15, 0.2) is 0 Å². The lowest BCUT2D eigenvalue weighted by molar-refractivity contribution is -0.134. The van der Waals surface area contributed by atoms with Crippen LogP contribution in [0.5, 0.6) is 0 Å². The molecule has 3 rings (SSSR count). The zero-order valence-corrected chi connectivity index (χ0v) is 18.6. The van der Waals surface area contributed by atoms with Crippen molar-refractivity contribution in [2.24, 2.45) is 11.8 Å². The minimum absolute atomic E-state index is 0.134. The molecule has 2 saturated heterocycles. The Morgan fingerprint density at radius 3 is 2.39 bits per heavy atom. The predicted octanol–water partition coefficient (Wildman–Crippen LogP) is 2.93. The van der Waals surface area contributed by atoms with Crippen LogP contribution < -0.4 is 5.32 Å². The number of nitrogens with zero attached hydrogens (tertiary/aromatic N) is 2. The van der Waals surface area contributed by atoms with Gasteiger partial charge in [-0.25, -0.2) is 8.42 Å². The second-order valence-electron chi connectivity index (χ2n) is 8.60. The number of carbonyl (C=O) groups excluding carboxylic acids is 1. The minimum atomic E-state index is -3.60. The first-order chi connectivity index (χ1) is 13.1. The molecule has 8 heteroatoms. The number of nitrogens with one attached hydrogen (secondary N) is 1. The molecule has 0 saturated carbocycles. The van der Waals surface area contributed by atoms with Crippen LogP contribution in [0.25, 0.3) is 0 Å². The van der Waals surface area contributed by atoms with Crippen LogP contribution in [-0.2, 0) is 14.8 Å². The molecule has 1 N–H and O–H groups in total. The lowest BCUT2D eigenvalue weighted by atomic mass is 9.96. The molecule has 1 aromatic carbocycles. The molecule has 1 amide bonds. The Labute approximate surface area is 173 Å². The summed E-state index contributed by atoms with van der Waals surface area (Å²) in [5, 5.41) is 3.97. The van der Waals surface area contributed by atoms with Crippen LogP contribution in [0.2, 0.25) is 5.02 Å². The quantitative estimate of drug-likeness (QED) is 0.784. The summed E-state index contributed by atoms with van der Waals surface area (Å²) in [5.74, 6) is 0.673. The fraction of sp³-hybridized carbons (Fsp3) is 0.650. The highest BCUT2D eigenvalue weighted by atomic mass is 35.5. The van der Waals surface area contributed by atoms with E-state index in [-0.39, 0.29) is 22.8 Å². The van der Waals surface area contributed by atoms with Crippen LogP contribution in [0.4, 0.5) is 0 Å². The summed E-state index contributed by atoms with van der Waals surface area (Å²) >= 11 is 5.98. The van der Waals surface area contributed by atoms with E-state index in [0.29, 0.717) is 43.4 Å². The summed E-state index contributed by atoms with van der Waals surface area (Å²) in [6.07, 6.45) is 1.16. The van der Waals surface area contributed by atoms with Gasteiger partial charge in [-0.15, -0.1) is 0 Å². The Kier molecular flexibility index (Phi) is 6.11. The molecule has 156 valence electrons. The van der Waals surface area contributed by atoms with E-state index in [0.717, 1.165) is 0 Å². The van der Waals surface area contributed by atoms with E-state index >= 15 is 0 Å². The first kappa shape index (κ1) is 21.6. The molecule has 0 bridgehead atoms. The smallest absolute Gasteiger partial charge is 0.243 e. The molecular weight excluding hydrogens is 398 g/mol. The molecule has 1 unspecified atom stereocenters. The minimum Gasteiger partial charge on any atom is -0.323 e. The molecule has 2 aliphatic heterocycles. The molecule has 28 heavy (non-hydrogen) atoms. The van der Waals surface area contributed by atoms with Crippen molar-refractivity contribution >= 4 is 27.5 Å². The van der Waals surface area contributed by atoms with Gasteiger partial charge in [-0.3, -0.25) is 10.1 Å². The summed E-state index contributed by atoms with van der Waals surface area (Å²) in [4.78, 5) is 15.2. The van der Waals surface area contributed by atoms with E-state index in [1.807, 2.05) is 18.7 Å². The molecule has 1 atom stereocenters. The number of sulfonamides is 1. The number of hydrogen-bond acceptors (Lipinski definition) is 4. The third kappa shape index (κ3) is 3.95. The van der Waals surface area contributed by atoms with Crippen LogP contribution in [0.1, 0.15) is 40.5 Å². The van der Waals surface area contributed by atoms with Crippen molar-refractivity contribution in [3.63, 3.8) is 0 Å². The van der Waals surface area contributed by atoms with E-state index < -0.39 is 15.7 Å². The number of rotatable bonds is 5. The summed E-state index contributed by atoms with van der Waals surface area (Å²) in [6.45, 7) is 9.70. The molecule has 1 spiro atoms. The third-order valence-electron chi connectivity index (χ3n) is 5.67. The second kappa shape index (κ2) is 7.94. The number of amides is 1. The summed E-state index contributed by atoms with van der Waals surface area (Å²) in [7, 11) is -3.60. The molecule has 6 nitrogen and oxygen atoms in total. The van der Waals surface area contributed by atoms with Crippen molar-refractivity contribution in [2.45, 2.75) is 57.1 Å². The van der Waals surface area contributed by atoms with E-state index in [1.165, 1.54) is 10.4 Å². The fourth-order valence-corrected chi connectivity index (χ4v) is 5.92. The van der Waals surface area contributed by atoms with Crippen molar-refractivity contribution < 1.29 is 13.2 Å². The molecule has 2 aliphatic rings. The topological polar surface area (TPSA) is 69.7 Å². The van der Waals surface area contributed by atoms with E-state index in [2.05, 4.69) is 19.2 Å². The number of hydrogen-bond donors (Lipinski definition) is 1. The molecule has 2 fully saturated rings. The number of benzene rings is 1. The Bertz CT molecular complexity index is 833. The van der Waals surface area contributed by atoms with Crippen molar-refractivity contribution in [3.8, 4) is 0 Å². The molecule has 0 aromatic heterocycles. The van der Waals surface area contributed by atoms with Crippen molar-refractivity contribution in [1.82, 2.24) is 14.5 Å². The molecule has 0 aliphatic carbocycles. The van der Waals surface area contributed by atoms with Gasteiger partial charge in [-0.1, -0.05) is 45.4 Å². The lowest BCUT2D eigenvalue weighted by Gasteiger charge is -2.44. The van der Waals surface area contributed by atoms with Gasteiger partial charge in [0.1, 0.15) is 0 Å². The van der Waals surface area contributed by atoms with Crippen LogP contribution in [0.15, 0.2) is 29.2 Å². The Morgan fingerprint density at radius 2 is 1.86 bits per heavy atom. The fourth-order valence-electron chi connectivity index (χ4n) is 4.18. The Balaban J connectivity index is 1.81. The lowest BCUT2D eigenvalue weighted by Crippen LogP contribution is -2.60. The van der Waals surface area contributed by atoms with Gasteiger partial charge < -0.3 is 4.90 Å². The maximum absolute atomic E-state index is 13.0. The van der Waals surface area contributed by atoms with Gasteiger partial charge in [0.05, 0.1) is 16.6 Å². The number of halogens is 1. The zero-order valence-electron chi connectivity index (χ0n) is 17.0. The van der Waals surface area contributed by atoms with Gasteiger partial charge in [0, 0.05) is 24.7 Å². The van der Waals surface area contributed by atoms with Crippen LogP contribution >= 0.6 is 11.6 Å². The first-order valence-electron chi connectivity index (χ1n) is 9.92. The maximum atomic E-state index is 13.0. The van der Waals surface area contributed by atoms with Crippen LogP contribution in [-0.4, -0.2) is 54.9 Å². The standard InChI is InChI=1S/C20H30ClN3O3S/c1-14(2)13-24-19(25)18(15(3)4)22-20(24)8-10-23(11-9-20)28(26,27)17-7-5-6-16(21)12-17/h5-7,12,14-15,18,22H,8-11,13H2,1-4H3. The van der Waals surface area contributed by atoms with Gasteiger partial charge in [-0.05, 0) is 42.9 Å². The monoisotopic (exact) mass is 427 g/mol. The number of carbonyl (C=O) groups is 1. The highest BCUT2D eigenvalue weighted by Crippen LogP contribution is 2.36. The second-order valence-corrected chi connectivity index (χ2v) is 11.0. The first-order valence-corrected chi connectivity index (χ1v) is 11.7. The Morgan fingerprint density at radius 1 is 1.21 bits per heavy atom. The highest BCUT2D eigenvalue weighted by molar-refractivity contribution is 7.89. The molecule has 0 radical (unpaired) electrons. The SMILES string of the molecule is CC(C)CN1C(=O)C(C(C)C)NC12CCN(S(=O)(=O)c1cccc(Cl)c1)CC2. The van der Waals surface area contributed by atoms with Gasteiger partial charge in [0.2, 0.25) is 15.9 Å². The molecule has 2 heterocycles. The summed E-state index contributed by atoms with van der Waals surface area (Å²) in [6, 6.07) is 6.15. The maximum Gasteiger partial charge on any atom is 0.243 e. The zero-order chi connectivity index (χ0) is 20.7. The molecular formula is C20H30ClN3O3S. The van der Waals surface area contributed by atoms with E-state index in [4.69, 9.17) is 11.6 Å². The van der Waals surface area contributed by atoms with E-state index in [1.54, 1.807) is 18.2 Å². The Hall–Kier alpha value is -1.15. The largest absolute Gasteiger partial charge is 0.323 e. The average molecular weight is 428 g/mol. The molecule has 1 aromatic rings. The summed E-state index contributed by atoms with van der Waals surface area (Å²) < 4.78 is 27.5. The van der Waals surface area contributed by atoms with Gasteiger partial charge >= 0.3 is 0 Å². The van der Waals surface area contributed by atoms with Crippen molar-refractivity contribution in [1.29, 1.82) is 0 Å². The van der Waals surface area contributed by atoms with Crippen molar-refractivity contribution in [3.05, 3.63) is 29.3 Å². The van der Waals surface area contributed by atoms with Crippen LogP contribution in [0.3, 0.4) is 0 Å². The average Bonchev–Trinajstić information content (AvgIpc) is 2.88. The third-order valence-corrected chi connectivity index (χ3v) is 7.80. The number of piperidine rings is 1. The summed E-state index contributed by atoms with van der Waals surface area (Å²) in [5.41, 5.74) is -0.462. The highest BCUT2D eigenvalue weighted by Gasteiger charge is 2.53. The van der Waals surface area contributed by atoms with Gasteiger partial charge in [0.25, 0.3) is 0 Å². The predicted molar refractivity (Wildman–Crippen MR) is 110 cm³/mol. The van der Waals surface area contributed by atoms with Crippen molar-refractivity contribution in [2.75, 3.05) is 19.6 Å². The van der Waals surface area contributed by atoms with E-state index in [9.17, 15) is 13.2 Å². The normalized spacial score (nSPS) is 23.3.